The van der Waals surface area contributed by atoms with Gasteiger partial charge in [-0.2, -0.15) is 0 Å². The number of carbonyl (C=O) groups is 2. The molecule has 0 aliphatic carbocycles. The summed E-state index contributed by atoms with van der Waals surface area (Å²) in [4.78, 5) is 21.3. The zero-order valence-electron chi connectivity index (χ0n) is 8.58. The first kappa shape index (κ1) is 10.9. The van der Waals surface area contributed by atoms with Gasteiger partial charge in [0.15, 0.2) is 12.0 Å². The summed E-state index contributed by atoms with van der Waals surface area (Å²) in [6.07, 6.45) is 0.546. The molecule has 0 amide bonds. The maximum absolute atomic E-state index is 10.8. The van der Waals surface area contributed by atoms with Crippen molar-refractivity contribution in [2.45, 2.75) is 0 Å². The predicted molar refractivity (Wildman–Crippen MR) is 58.2 cm³/mol. The van der Waals surface area contributed by atoms with Crippen LogP contribution in [0.1, 0.15) is 20.9 Å². The van der Waals surface area contributed by atoms with Crippen molar-refractivity contribution in [3.05, 3.63) is 41.7 Å². The maximum atomic E-state index is 10.8. The molecule has 1 heterocycles. The highest BCUT2D eigenvalue weighted by molar-refractivity contribution is 5.90. The number of aldehydes is 1. The second kappa shape index (κ2) is 4.13. The van der Waals surface area contributed by atoms with E-state index in [1.54, 1.807) is 0 Å². The van der Waals surface area contributed by atoms with Crippen LogP contribution in [-0.4, -0.2) is 22.5 Å². The molecule has 0 unspecified atom stereocenters. The standard InChI is InChI=1S/C12H8O5/c13-6-10-1-2-11(17-10)7-3-8(12(15)16)5-9(14)4-7/h1-6,14H,(H,15,16). The van der Waals surface area contributed by atoms with Crippen LogP contribution in [0.15, 0.2) is 34.7 Å². The fraction of sp³-hybridized carbons (Fsp3) is 0. The van der Waals surface area contributed by atoms with E-state index in [-0.39, 0.29) is 17.1 Å². The normalized spacial score (nSPS) is 10.1. The molecule has 2 N–H and O–H groups in total. The minimum atomic E-state index is -1.15. The molecule has 0 fully saturated rings. The Morgan fingerprint density at radius 2 is 2.00 bits per heavy atom. The molecule has 1 aromatic carbocycles. The summed E-state index contributed by atoms with van der Waals surface area (Å²) in [6, 6.07) is 6.85. The molecular weight excluding hydrogens is 224 g/mol. The quantitative estimate of drug-likeness (QED) is 0.791. The Balaban J connectivity index is 2.51. The molecule has 2 aromatic rings. The molecule has 5 nitrogen and oxygen atoms in total. The number of aromatic hydroxyl groups is 1. The van der Waals surface area contributed by atoms with E-state index >= 15 is 0 Å². The van der Waals surface area contributed by atoms with Gasteiger partial charge in [0.05, 0.1) is 5.56 Å². The first-order valence-electron chi connectivity index (χ1n) is 4.73. The minimum Gasteiger partial charge on any atom is -0.508 e. The lowest BCUT2D eigenvalue weighted by Crippen LogP contribution is -1.95. The summed E-state index contributed by atoms with van der Waals surface area (Å²) >= 11 is 0. The van der Waals surface area contributed by atoms with E-state index in [0.717, 1.165) is 6.07 Å². The summed E-state index contributed by atoms with van der Waals surface area (Å²) in [6.45, 7) is 0. The highest BCUT2D eigenvalue weighted by Gasteiger charge is 2.10. The predicted octanol–water partition coefficient (Wildman–Crippen LogP) is 2.16. The minimum absolute atomic E-state index is 0.0518. The average Bonchev–Trinajstić information content (AvgIpc) is 2.76. The molecule has 0 radical (unpaired) electrons. The van der Waals surface area contributed by atoms with E-state index in [4.69, 9.17) is 9.52 Å². The fourth-order valence-corrected chi connectivity index (χ4v) is 1.45. The summed E-state index contributed by atoms with van der Waals surface area (Å²) in [5.41, 5.74) is 0.347. The van der Waals surface area contributed by atoms with Crippen LogP contribution < -0.4 is 0 Å². The smallest absolute Gasteiger partial charge is 0.335 e. The van der Waals surface area contributed by atoms with E-state index in [0.29, 0.717) is 17.6 Å². The molecule has 5 heteroatoms. The molecule has 0 saturated carbocycles. The van der Waals surface area contributed by atoms with Crippen molar-refractivity contribution >= 4 is 12.3 Å². The molecule has 0 aliphatic heterocycles. The Morgan fingerprint density at radius 3 is 2.59 bits per heavy atom. The summed E-state index contributed by atoms with van der Waals surface area (Å²) in [7, 11) is 0. The van der Waals surface area contributed by atoms with E-state index in [9.17, 15) is 14.7 Å². The Morgan fingerprint density at radius 1 is 1.24 bits per heavy atom. The van der Waals surface area contributed by atoms with Crippen LogP contribution in [0.4, 0.5) is 0 Å². The Kier molecular flexibility index (Phi) is 2.66. The van der Waals surface area contributed by atoms with Gasteiger partial charge in [-0.3, -0.25) is 4.79 Å². The van der Waals surface area contributed by atoms with Crippen molar-refractivity contribution in [1.29, 1.82) is 0 Å². The molecule has 0 atom stereocenters. The highest BCUT2D eigenvalue weighted by Crippen LogP contribution is 2.26. The van der Waals surface area contributed by atoms with Crippen LogP contribution >= 0.6 is 0 Å². The van der Waals surface area contributed by atoms with Gasteiger partial charge in [-0.15, -0.1) is 0 Å². The lowest BCUT2D eigenvalue weighted by molar-refractivity contribution is 0.0696. The van der Waals surface area contributed by atoms with Crippen molar-refractivity contribution < 1.29 is 24.2 Å². The first-order chi connectivity index (χ1) is 8.10. The van der Waals surface area contributed by atoms with Crippen molar-refractivity contribution in [2.24, 2.45) is 0 Å². The Hall–Kier alpha value is -2.56. The summed E-state index contributed by atoms with van der Waals surface area (Å²) in [5.74, 6) is -0.862. The third kappa shape index (κ3) is 2.17. The van der Waals surface area contributed by atoms with Gasteiger partial charge in [-0.05, 0) is 30.3 Å². The molecular formula is C12H8O5. The Bertz CT molecular complexity index is 582. The van der Waals surface area contributed by atoms with Gasteiger partial charge in [0.2, 0.25) is 0 Å². The monoisotopic (exact) mass is 232 g/mol. The van der Waals surface area contributed by atoms with Gasteiger partial charge >= 0.3 is 5.97 Å². The van der Waals surface area contributed by atoms with Crippen LogP contribution in [0.25, 0.3) is 11.3 Å². The van der Waals surface area contributed by atoms with E-state index < -0.39 is 5.97 Å². The third-order valence-corrected chi connectivity index (χ3v) is 2.19. The Labute approximate surface area is 95.9 Å². The average molecular weight is 232 g/mol. The number of phenols is 1. The topological polar surface area (TPSA) is 87.7 Å². The second-order valence-electron chi connectivity index (χ2n) is 3.39. The van der Waals surface area contributed by atoms with Crippen LogP contribution in [0.5, 0.6) is 5.75 Å². The van der Waals surface area contributed by atoms with Crippen LogP contribution in [0.3, 0.4) is 0 Å². The number of aromatic carboxylic acids is 1. The molecule has 0 spiro atoms. The highest BCUT2D eigenvalue weighted by atomic mass is 16.4. The van der Waals surface area contributed by atoms with Crippen molar-refractivity contribution in [1.82, 2.24) is 0 Å². The lowest BCUT2D eigenvalue weighted by atomic mass is 10.1. The molecule has 0 aliphatic rings. The van der Waals surface area contributed by atoms with Crippen molar-refractivity contribution in [3.63, 3.8) is 0 Å². The first-order valence-corrected chi connectivity index (χ1v) is 4.73. The maximum Gasteiger partial charge on any atom is 0.335 e. The van der Waals surface area contributed by atoms with Gasteiger partial charge in [-0.1, -0.05) is 0 Å². The number of furan rings is 1. The van der Waals surface area contributed by atoms with E-state index in [1.165, 1.54) is 24.3 Å². The number of hydrogen-bond acceptors (Lipinski definition) is 4. The number of phenolic OH excluding ortho intramolecular Hbond substituents is 1. The number of hydrogen-bond donors (Lipinski definition) is 2. The van der Waals surface area contributed by atoms with Crippen LogP contribution in [0.2, 0.25) is 0 Å². The third-order valence-electron chi connectivity index (χ3n) is 2.19. The lowest BCUT2D eigenvalue weighted by Gasteiger charge is -2.01. The SMILES string of the molecule is O=Cc1ccc(-c2cc(O)cc(C(=O)O)c2)o1. The van der Waals surface area contributed by atoms with Gasteiger partial charge in [-0.25, -0.2) is 4.79 Å². The molecule has 0 saturated heterocycles. The number of carboxylic acids is 1. The number of carboxylic acid groups (broad SMARTS) is 1. The molecule has 17 heavy (non-hydrogen) atoms. The van der Waals surface area contributed by atoms with Crippen molar-refractivity contribution in [2.75, 3.05) is 0 Å². The number of rotatable bonds is 3. The van der Waals surface area contributed by atoms with Gasteiger partial charge in [0.25, 0.3) is 0 Å². The summed E-state index contributed by atoms with van der Waals surface area (Å²) < 4.78 is 5.14. The largest absolute Gasteiger partial charge is 0.508 e. The molecule has 2 rings (SSSR count). The molecule has 86 valence electrons. The van der Waals surface area contributed by atoms with Crippen LogP contribution in [-0.2, 0) is 0 Å². The van der Waals surface area contributed by atoms with E-state index in [1.807, 2.05) is 0 Å². The van der Waals surface area contributed by atoms with E-state index in [2.05, 4.69) is 0 Å². The number of carbonyl (C=O) groups excluding carboxylic acids is 1. The molecule has 0 bridgehead atoms. The van der Waals surface area contributed by atoms with Gasteiger partial charge in [0, 0.05) is 5.56 Å². The molecule has 1 aromatic heterocycles. The van der Waals surface area contributed by atoms with Gasteiger partial charge < -0.3 is 14.6 Å². The zero-order valence-corrected chi connectivity index (χ0v) is 8.58. The van der Waals surface area contributed by atoms with Crippen molar-refractivity contribution in [3.8, 4) is 17.1 Å². The fourth-order valence-electron chi connectivity index (χ4n) is 1.45. The van der Waals surface area contributed by atoms with Crippen LogP contribution in [0, 0.1) is 0 Å². The number of benzene rings is 1. The summed E-state index contributed by atoms with van der Waals surface area (Å²) in [5, 5.41) is 18.2. The second-order valence-corrected chi connectivity index (χ2v) is 3.39. The van der Waals surface area contributed by atoms with Gasteiger partial charge in [0.1, 0.15) is 11.5 Å². The zero-order chi connectivity index (χ0) is 12.4.